The first kappa shape index (κ1) is 11.0. The van der Waals surface area contributed by atoms with Gasteiger partial charge in [0.1, 0.15) is 0 Å². The van der Waals surface area contributed by atoms with E-state index >= 15 is 0 Å². The fourth-order valence-corrected chi connectivity index (χ4v) is 2.16. The minimum absolute atomic E-state index is 0.133. The summed E-state index contributed by atoms with van der Waals surface area (Å²) >= 11 is 0. The fraction of sp³-hybridized carbons (Fsp3) is 0.583. The van der Waals surface area contributed by atoms with Crippen molar-refractivity contribution in [1.82, 2.24) is 0 Å². The molecule has 14 heavy (non-hydrogen) atoms. The van der Waals surface area contributed by atoms with Gasteiger partial charge in [0.2, 0.25) is 0 Å². The molecule has 1 aliphatic carbocycles. The summed E-state index contributed by atoms with van der Waals surface area (Å²) in [5, 5.41) is 8.59. The Morgan fingerprint density at radius 3 is 2.64 bits per heavy atom. The van der Waals surface area contributed by atoms with Crippen molar-refractivity contribution in [2.45, 2.75) is 40.0 Å². The maximum Gasteiger partial charge on any atom is 0.328 e. The van der Waals surface area contributed by atoms with E-state index in [2.05, 4.69) is 20.8 Å². The highest BCUT2D eigenvalue weighted by molar-refractivity contribution is 5.80. The van der Waals surface area contributed by atoms with Crippen molar-refractivity contribution in [1.29, 1.82) is 0 Å². The van der Waals surface area contributed by atoms with E-state index < -0.39 is 5.97 Å². The summed E-state index contributed by atoms with van der Waals surface area (Å²) in [5.74, 6) is -0.869. The molecule has 0 aromatic carbocycles. The summed E-state index contributed by atoms with van der Waals surface area (Å²) < 4.78 is 0. The van der Waals surface area contributed by atoms with Crippen LogP contribution < -0.4 is 0 Å². The SMILES string of the molecule is CC1=C(/C=C\C(=O)O)C(C)(C)CCC1. The lowest BCUT2D eigenvalue weighted by Crippen LogP contribution is -2.19. The molecule has 0 atom stereocenters. The van der Waals surface area contributed by atoms with Gasteiger partial charge in [-0.1, -0.05) is 25.5 Å². The standard InChI is InChI=1S/C12H18O2/c1-9-5-4-8-12(2,3)10(9)6-7-11(13)14/h6-7H,4-5,8H2,1-3H3,(H,13,14)/b7-6-. The smallest absolute Gasteiger partial charge is 0.328 e. The van der Waals surface area contributed by atoms with Crippen LogP contribution in [0.2, 0.25) is 0 Å². The quantitative estimate of drug-likeness (QED) is 0.685. The molecule has 0 saturated carbocycles. The van der Waals surface area contributed by atoms with E-state index in [4.69, 9.17) is 5.11 Å². The number of carbonyl (C=O) groups is 1. The average molecular weight is 194 g/mol. The van der Waals surface area contributed by atoms with E-state index in [0.717, 1.165) is 12.8 Å². The Morgan fingerprint density at radius 2 is 2.14 bits per heavy atom. The normalized spacial score (nSPS) is 21.6. The molecule has 0 aliphatic heterocycles. The Balaban J connectivity index is 2.96. The zero-order chi connectivity index (χ0) is 10.8. The maximum atomic E-state index is 10.5. The molecule has 0 spiro atoms. The fourth-order valence-electron chi connectivity index (χ4n) is 2.16. The maximum absolute atomic E-state index is 10.5. The van der Waals surface area contributed by atoms with Crippen molar-refractivity contribution in [3.8, 4) is 0 Å². The molecule has 0 fully saturated rings. The second kappa shape index (κ2) is 3.99. The van der Waals surface area contributed by atoms with Crippen LogP contribution in [0.1, 0.15) is 40.0 Å². The molecule has 1 aliphatic rings. The number of allylic oxidation sites excluding steroid dienone is 3. The van der Waals surface area contributed by atoms with Gasteiger partial charge in [0.25, 0.3) is 0 Å². The Kier molecular flexibility index (Phi) is 3.14. The molecule has 0 heterocycles. The van der Waals surface area contributed by atoms with Crippen molar-refractivity contribution < 1.29 is 9.90 Å². The van der Waals surface area contributed by atoms with Gasteiger partial charge in [0.15, 0.2) is 0 Å². The molecule has 1 rings (SSSR count). The number of hydrogen-bond donors (Lipinski definition) is 1. The van der Waals surface area contributed by atoms with Gasteiger partial charge in [-0.3, -0.25) is 0 Å². The second-order valence-corrected chi connectivity index (χ2v) is 4.60. The number of carboxylic acids is 1. The summed E-state index contributed by atoms with van der Waals surface area (Å²) in [6.45, 7) is 6.46. The van der Waals surface area contributed by atoms with Crippen molar-refractivity contribution in [2.24, 2.45) is 5.41 Å². The first-order valence-electron chi connectivity index (χ1n) is 5.05. The molecule has 1 N–H and O–H groups in total. The number of carboxylic acid groups (broad SMARTS) is 1. The Bertz CT molecular complexity index is 295. The zero-order valence-corrected chi connectivity index (χ0v) is 9.13. The Morgan fingerprint density at radius 1 is 1.50 bits per heavy atom. The van der Waals surface area contributed by atoms with Crippen molar-refractivity contribution >= 4 is 5.97 Å². The van der Waals surface area contributed by atoms with E-state index in [1.165, 1.54) is 23.6 Å². The van der Waals surface area contributed by atoms with Gasteiger partial charge in [-0.25, -0.2) is 4.79 Å². The highest BCUT2D eigenvalue weighted by Crippen LogP contribution is 2.40. The van der Waals surface area contributed by atoms with Crippen LogP contribution in [0.4, 0.5) is 0 Å². The van der Waals surface area contributed by atoms with Gasteiger partial charge >= 0.3 is 5.97 Å². The molecule has 0 saturated heterocycles. The predicted octanol–water partition coefficient (Wildman–Crippen LogP) is 3.15. The monoisotopic (exact) mass is 194 g/mol. The van der Waals surface area contributed by atoms with Gasteiger partial charge in [0, 0.05) is 6.08 Å². The molecular formula is C12H18O2. The van der Waals surface area contributed by atoms with Crippen molar-refractivity contribution in [3.63, 3.8) is 0 Å². The third-order valence-electron chi connectivity index (χ3n) is 2.94. The molecule has 0 aromatic heterocycles. The number of aliphatic carboxylic acids is 1. The largest absolute Gasteiger partial charge is 0.478 e. The predicted molar refractivity (Wildman–Crippen MR) is 57.1 cm³/mol. The van der Waals surface area contributed by atoms with Crippen LogP contribution in [0, 0.1) is 5.41 Å². The summed E-state index contributed by atoms with van der Waals surface area (Å²) in [6.07, 6.45) is 6.46. The van der Waals surface area contributed by atoms with Gasteiger partial charge in [-0.2, -0.15) is 0 Å². The van der Waals surface area contributed by atoms with E-state index in [1.807, 2.05) is 0 Å². The lowest BCUT2D eigenvalue weighted by atomic mass is 9.73. The summed E-state index contributed by atoms with van der Waals surface area (Å²) in [5.41, 5.74) is 2.67. The van der Waals surface area contributed by atoms with E-state index in [9.17, 15) is 4.79 Å². The van der Waals surface area contributed by atoms with Crippen molar-refractivity contribution in [2.75, 3.05) is 0 Å². The van der Waals surface area contributed by atoms with Crippen LogP contribution in [0.25, 0.3) is 0 Å². The first-order valence-corrected chi connectivity index (χ1v) is 5.05. The average Bonchev–Trinajstić information content (AvgIpc) is 2.01. The molecule has 0 bridgehead atoms. The lowest BCUT2D eigenvalue weighted by Gasteiger charge is -2.32. The number of rotatable bonds is 2. The molecular weight excluding hydrogens is 176 g/mol. The summed E-state index contributed by atoms with van der Waals surface area (Å²) in [6, 6.07) is 0. The van der Waals surface area contributed by atoms with Gasteiger partial charge in [-0.05, 0) is 37.2 Å². The van der Waals surface area contributed by atoms with E-state index in [-0.39, 0.29) is 5.41 Å². The zero-order valence-electron chi connectivity index (χ0n) is 9.13. The molecule has 78 valence electrons. The van der Waals surface area contributed by atoms with Crippen LogP contribution in [-0.4, -0.2) is 11.1 Å². The summed E-state index contributed by atoms with van der Waals surface area (Å²) in [7, 11) is 0. The third kappa shape index (κ3) is 2.47. The third-order valence-corrected chi connectivity index (χ3v) is 2.94. The van der Waals surface area contributed by atoms with Crippen molar-refractivity contribution in [3.05, 3.63) is 23.3 Å². The molecule has 0 aromatic rings. The molecule has 2 nitrogen and oxygen atoms in total. The van der Waals surface area contributed by atoms with Crippen LogP contribution in [0.3, 0.4) is 0 Å². The molecule has 0 radical (unpaired) electrons. The van der Waals surface area contributed by atoms with E-state index in [0.29, 0.717) is 0 Å². The minimum atomic E-state index is -0.869. The van der Waals surface area contributed by atoms with Crippen LogP contribution >= 0.6 is 0 Å². The highest BCUT2D eigenvalue weighted by atomic mass is 16.4. The van der Waals surface area contributed by atoms with Crippen LogP contribution in [0.5, 0.6) is 0 Å². The summed E-state index contributed by atoms with van der Waals surface area (Å²) in [4.78, 5) is 10.5. The number of hydrogen-bond acceptors (Lipinski definition) is 1. The Hall–Kier alpha value is -1.05. The molecule has 2 heteroatoms. The molecule has 0 amide bonds. The van der Waals surface area contributed by atoms with Gasteiger partial charge < -0.3 is 5.11 Å². The topological polar surface area (TPSA) is 37.3 Å². The lowest BCUT2D eigenvalue weighted by molar-refractivity contribution is -0.131. The first-order chi connectivity index (χ1) is 6.43. The van der Waals surface area contributed by atoms with Gasteiger partial charge in [-0.15, -0.1) is 0 Å². The Labute approximate surface area is 85.3 Å². The minimum Gasteiger partial charge on any atom is -0.478 e. The van der Waals surface area contributed by atoms with Gasteiger partial charge in [0.05, 0.1) is 0 Å². The second-order valence-electron chi connectivity index (χ2n) is 4.60. The highest BCUT2D eigenvalue weighted by Gasteiger charge is 2.26. The van der Waals surface area contributed by atoms with E-state index in [1.54, 1.807) is 6.08 Å². The molecule has 0 unspecified atom stereocenters. The van der Waals surface area contributed by atoms with Crippen LogP contribution in [0.15, 0.2) is 23.3 Å². The van der Waals surface area contributed by atoms with Crippen LogP contribution in [-0.2, 0) is 4.79 Å².